The predicted octanol–water partition coefficient (Wildman–Crippen LogP) is 1.53. The molecule has 0 spiro atoms. The molecule has 8 heteroatoms. The molecule has 20 heavy (non-hydrogen) atoms. The molecular formula is C12H13N3O4S. The van der Waals surface area contributed by atoms with E-state index in [1.54, 1.807) is 19.9 Å². The molecule has 0 unspecified atom stereocenters. The summed E-state index contributed by atoms with van der Waals surface area (Å²) in [6, 6.07) is 3.12. The Kier molecular flexibility index (Phi) is 3.49. The Labute approximate surface area is 115 Å². The maximum Gasteiger partial charge on any atom is 0.337 e. The molecule has 0 aliphatic carbocycles. The van der Waals surface area contributed by atoms with Gasteiger partial charge in [-0.2, -0.15) is 8.42 Å². The van der Waals surface area contributed by atoms with Crippen molar-refractivity contribution in [2.75, 3.05) is 4.72 Å². The Morgan fingerprint density at radius 1 is 1.35 bits per heavy atom. The van der Waals surface area contributed by atoms with Crippen LogP contribution >= 0.6 is 0 Å². The van der Waals surface area contributed by atoms with Crippen molar-refractivity contribution in [3.05, 3.63) is 41.3 Å². The van der Waals surface area contributed by atoms with Gasteiger partial charge in [-0.3, -0.25) is 4.72 Å². The molecule has 0 saturated heterocycles. The first kappa shape index (κ1) is 14.1. The summed E-state index contributed by atoms with van der Waals surface area (Å²) in [5.74, 6) is -1.20. The molecule has 0 fully saturated rings. The number of carbonyl (C=O) groups is 1. The average molecular weight is 295 g/mol. The zero-order chi connectivity index (χ0) is 14.9. The summed E-state index contributed by atoms with van der Waals surface area (Å²) < 4.78 is 26.5. The fraction of sp³-hybridized carbons (Fsp3) is 0.167. The number of carboxylic acids is 1. The van der Waals surface area contributed by atoms with E-state index in [0.29, 0.717) is 5.56 Å². The van der Waals surface area contributed by atoms with Gasteiger partial charge in [-0.1, -0.05) is 6.07 Å². The lowest BCUT2D eigenvalue weighted by Crippen LogP contribution is -2.17. The van der Waals surface area contributed by atoms with E-state index in [1.807, 2.05) is 0 Å². The summed E-state index contributed by atoms with van der Waals surface area (Å²) in [5, 5.41) is 9.06. The van der Waals surface area contributed by atoms with Crippen molar-refractivity contribution in [3.63, 3.8) is 0 Å². The lowest BCUT2D eigenvalue weighted by molar-refractivity contribution is 0.0698. The smallest absolute Gasteiger partial charge is 0.337 e. The molecule has 0 saturated carbocycles. The molecule has 3 N–H and O–H groups in total. The summed E-state index contributed by atoms with van der Waals surface area (Å²) >= 11 is 0. The molecule has 1 heterocycles. The van der Waals surface area contributed by atoms with Gasteiger partial charge in [0.15, 0.2) is 5.03 Å². The van der Waals surface area contributed by atoms with E-state index in [0.717, 1.165) is 11.8 Å². The monoisotopic (exact) mass is 295 g/mol. The van der Waals surface area contributed by atoms with Crippen molar-refractivity contribution in [1.29, 1.82) is 0 Å². The van der Waals surface area contributed by atoms with Crippen LogP contribution in [0.4, 0.5) is 5.69 Å². The Morgan fingerprint density at radius 3 is 2.60 bits per heavy atom. The number of carboxylic acid groups (broad SMARTS) is 1. The number of nitrogens with one attached hydrogen (secondary N) is 2. The standard InChI is InChI=1S/C12H13N3O4S/c1-7-3-8(2)11(9(4-7)12(16)17)15-20(18,19)10-5-13-6-14-10/h3-6,15H,1-2H3,(H,13,14)(H,16,17). The summed E-state index contributed by atoms with van der Waals surface area (Å²) in [6.07, 6.45) is 2.38. The first-order valence-electron chi connectivity index (χ1n) is 5.67. The second-order valence-corrected chi connectivity index (χ2v) is 5.98. The minimum absolute atomic E-state index is 0.0534. The highest BCUT2D eigenvalue weighted by Crippen LogP contribution is 2.25. The van der Waals surface area contributed by atoms with Crippen molar-refractivity contribution in [2.45, 2.75) is 18.9 Å². The third-order valence-corrected chi connectivity index (χ3v) is 3.98. The van der Waals surface area contributed by atoms with Crippen LogP contribution in [0.3, 0.4) is 0 Å². The summed E-state index contributed by atoms with van der Waals surface area (Å²) in [6.45, 7) is 3.39. The number of imidazole rings is 1. The highest BCUT2D eigenvalue weighted by molar-refractivity contribution is 7.92. The van der Waals surface area contributed by atoms with Crippen molar-refractivity contribution < 1.29 is 18.3 Å². The van der Waals surface area contributed by atoms with E-state index >= 15 is 0 Å². The van der Waals surface area contributed by atoms with Crippen LogP contribution in [0, 0.1) is 13.8 Å². The molecule has 106 valence electrons. The van der Waals surface area contributed by atoms with E-state index < -0.39 is 16.0 Å². The third kappa shape index (κ3) is 2.64. The molecule has 1 aromatic carbocycles. The van der Waals surface area contributed by atoms with Gasteiger partial charge in [-0.05, 0) is 31.0 Å². The molecule has 7 nitrogen and oxygen atoms in total. The molecule has 0 amide bonds. The van der Waals surface area contributed by atoms with Crippen LogP contribution in [-0.4, -0.2) is 29.5 Å². The number of nitrogens with zero attached hydrogens (tertiary/aromatic N) is 1. The SMILES string of the molecule is Cc1cc(C)c(NS(=O)(=O)c2cnc[nH]2)c(C(=O)O)c1. The fourth-order valence-corrected chi connectivity index (χ4v) is 2.91. The minimum atomic E-state index is -3.89. The lowest BCUT2D eigenvalue weighted by atomic mass is 10.0. The Bertz CT molecular complexity index is 751. The molecule has 2 aromatic rings. The van der Waals surface area contributed by atoms with Crippen molar-refractivity contribution >= 4 is 21.7 Å². The quantitative estimate of drug-likeness (QED) is 0.791. The Balaban J connectivity index is 2.52. The molecule has 0 radical (unpaired) electrons. The molecular weight excluding hydrogens is 282 g/mol. The van der Waals surface area contributed by atoms with Crippen LogP contribution < -0.4 is 4.72 Å². The Hall–Kier alpha value is -2.35. The molecule has 0 atom stereocenters. The molecule has 2 rings (SSSR count). The van der Waals surface area contributed by atoms with Gasteiger partial charge < -0.3 is 10.1 Å². The normalized spacial score (nSPS) is 11.3. The maximum atomic E-state index is 12.1. The number of aromatic amines is 1. The molecule has 0 bridgehead atoms. The summed E-state index contributed by atoms with van der Waals surface area (Å²) in [7, 11) is -3.89. The molecule has 1 aromatic heterocycles. The zero-order valence-corrected chi connectivity index (χ0v) is 11.7. The van der Waals surface area contributed by atoms with E-state index in [4.69, 9.17) is 0 Å². The second kappa shape index (κ2) is 4.97. The van der Waals surface area contributed by atoms with E-state index in [9.17, 15) is 18.3 Å². The number of benzene rings is 1. The average Bonchev–Trinajstić information content (AvgIpc) is 2.86. The van der Waals surface area contributed by atoms with Crippen LogP contribution in [0.25, 0.3) is 0 Å². The molecule has 0 aliphatic rings. The first-order chi connectivity index (χ1) is 9.31. The number of aromatic carboxylic acids is 1. The van der Waals surface area contributed by atoms with Gasteiger partial charge in [-0.25, -0.2) is 9.78 Å². The minimum Gasteiger partial charge on any atom is -0.478 e. The number of hydrogen-bond donors (Lipinski definition) is 3. The van der Waals surface area contributed by atoms with Gasteiger partial charge in [0.1, 0.15) is 0 Å². The van der Waals surface area contributed by atoms with Crippen molar-refractivity contribution in [3.8, 4) is 0 Å². The van der Waals surface area contributed by atoms with Gasteiger partial charge in [0.25, 0.3) is 10.0 Å². The van der Waals surface area contributed by atoms with E-state index in [1.165, 1.54) is 12.4 Å². The largest absolute Gasteiger partial charge is 0.478 e. The Morgan fingerprint density at radius 2 is 2.05 bits per heavy atom. The number of rotatable bonds is 4. The summed E-state index contributed by atoms with van der Waals surface area (Å²) in [4.78, 5) is 17.3. The van der Waals surface area contributed by atoms with Gasteiger partial charge in [-0.15, -0.1) is 0 Å². The van der Waals surface area contributed by atoms with Gasteiger partial charge in [0.05, 0.1) is 23.8 Å². The van der Waals surface area contributed by atoms with Crippen molar-refractivity contribution in [2.24, 2.45) is 0 Å². The van der Waals surface area contributed by atoms with Crippen LogP contribution in [-0.2, 0) is 10.0 Å². The van der Waals surface area contributed by atoms with Crippen LogP contribution in [0.5, 0.6) is 0 Å². The van der Waals surface area contributed by atoms with Gasteiger partial charge in [0.2, 0.25) is 0 Å². The summed E-state index contributed by atoms with van der Waals surface area (Å²) in [5.41, 5.74) is 1.23. The predicted molar refractivity (Wildman–Crippen MR) is 72.3 cm³/mol. The van der Waals surface area contributed by atoms with Gasteiger partial charge >= 0.3 is 5.97 Å². The van der Waals surface area contributed by atoms with Gasteiger partial charge in [0, 0.05) is 0 Å². The van der Waals surface area contributed by atoms with E-state index in [2.05, 4.69) is 14.7 Å². The zero-order valence-electron chi connectivity index (χ0n) is 10.8. The maximum absolute atomic E-state index is 12.1. The first-order valence-corrected chi connectivity index (χ1v) is 7.15. The molecule has 0 aliphatic heterocycles. The highest BCUT2D eigenvalue weighted by atomic mass is 32.2. The highest BCUT2D eigenvalue weighted by Gasteiger charge is 2.21. The number of hydrogen-bond acceptors (Lipinski definition) is 4. The number of aromatic nitrogens is 2. The lowest BCUT2D eigenvalue weighted by Gasteiger charge is -2.13. The second-order valence-electron chi connectivity index (χ2n) is 4.33. The van der Waals surface area contributed by atoms with Crippen LogP contribution in [0.2, 0.25) is 0 Å². The topological polar surface area (TPSA) is 112 Å². The van der Waals surface area contributed by atoms with Crippen molar-refractivity contribution in [1.82, 2.24) is 9.97 Å². The van der Waals surface area contributed by atoms with E-state index in [-0.39, 0.29) is 16.3 Å². The number of sulfonamides is 1. The third-order valence-electron chi connectivity index (χ3n) is 2.71. The fourth-order valence-electron chi connectivity index (χ4n) is 1.85. The van der Waals surface area contributed by atoms with Crippen LogP contribution in [0.1, 0.15) is 21.5 Å². The number of H-pyrrole nitrogens is 1. The number of aryl methyl sites for hydroxylation is 2. The number of anilines is 1. The van der Waals surface area contributed by atoms with Crippen LogP contribution in [0.15, 0.2) is 29.7 Å².